The highest BCUT2D eigenvalue weighted by atomic mass is 35.5. The lowest BCUT2D eigenvalue weighted by Crippen LogP contribution is -2.44. The number of benzene rings is 2. The minimum absolute atomic E-state index is 0.00762. The fraction of sp³-hybridized carbons (Fsp3) is 0.261. The summed E-state index contributed by atoms with van der Waals surface area (Å²) < 4.78 is 1.65. The number of rotatable bonds is 7. The lowest BCUT2D eigenvalue weighted by Gasteiger charge is -2.25. The van der Waals surface area contributed by atoms with Crippen LogP contribution < -0.4 is 0 Å². The summed E-state index contributed by atoms with van der Waals surface area (Å²) in [4.78, 5) is 38.4. The Morgan fingerprint density at radius 3 is 2.20 bits per heavy atom. The predicted molar refractivity (Wildman–Crippen MR) is 114 cm³/mol. The Morgan fingerprint density at radius 1 is 1.03 bits per heavy atom. The highest BCUT2D eigenvalue weighted by Crippen LogP contribution is 2.41. The van der Waals surface area contributed by atoms with Crippen LogP contribution in [0.25, 0.3) is 10.9 Å². The second-order valence-corrected chi connectivity index (χ2v) is 7.58. The van der Waals surface area contributed by atoms with Crippen molar-refractivity contribution in [1.82, 2.24) is 4.57 Å². The topological polar surface area (TPSA) is 96.6 Å². The van der Waals surface area contributed by atoms with Crippen LogP contribution in [0.1, 0.15) is 47.4 Å². The molecule has 2 aromatic carbocycles. The number of nitrogens with zero attached hydrogens (tertiary/aromatic N) is 1. The Morgan fingerprint density at radius 2 is 1.67 bits per heavy atom. The van der Waals surface area contributed by atoms with Gasteiger partial charge < -0.3 is 14.8 Å². The van der Waals surface area contributed by atoms with E-state index < -0.39 is 23.1 Å². The van der Waals surface area contributed by atoms with Crippen LogP contribution >= 0.6 is 11.6 Å². The van der Waals surface area contributed by atoms with E-state index in [0.29, 0.717) is 33.6 Å². The molecule has 156 valence electrons. The molecule has 0 bridgehead atoms. The zero-order valence-electron chi connectivity index (χ0n) is 16.9. The van der Waals surface area contributed by atoms with Crippen LogP contribution in [-0.2, 0) is 21.5 Å². The molecule has 30 heavy (non-hydrogen) atoms. The van der Waals surface area contributed by atoms with E-state index in [9.17, 15) is 24.6 Å². The molecule has 1 heterocycles. The molecule has 0 fully saturated rings. The summed E-state index contributed by atoms with van der Waals surface area (Å²) in [6.45, 7) is 5.43. The standard InChI is InChI=1S/C23H22ClNO5/c1-4-23(21(27)28,22(29)30)18-16-11-10-14(24)12-17(16)25(5-2)19(18)20(26)15-9-7-6-8-13(15)3/h6-12H,4-5H2,1-3H3,(H,27,28)(H,29,30). The van der Waals surface area contributed by atoms with Gasteiger partial charge in [-0.25, -0.2) is 0 Å². The molecule has 0 unspecified atom stereocenters. The Kier molecular flexibility index (Phi) is 5.72. The summed E-state index contributed by atoms with van der Waals surface area (Å²) in [6.07, 6.45) is -0.225. The van der Waals surface area contributed by atoms with Crippen LogP contribution in [0.15, 0.2) is 42.5 Å². The van der Waals surface area contributed by atoms with Gasteiger partial charge in [-0.05, 0) is 38.0 Å². The molecule has 3 aromatic rings. The van der Waals surface area contributed by atoms with E-state index in [0.717, 1.165) is 0 Å². The quantitative estimate of drug-likeness (QED) is 0.422. The molecule has 2 N–H and O–H groups in total. The fourth-order valence-electron chi connectivity index (χ4n) is 4.06. The summed E-state index contributed by atoms with van der Waals surface area (Å²) in [6, 6.07) is 11.7. The third-order valence-corrected chi connectivity index (χ3v) is 5.87. The van der Waals surface area contributed by atoms with E-state index in [2.05, 4.69) is 0 Å². The van der Waals surface area contributed by atoms with Crippen LogP contribution in [0.3, 0.4) is 0 Å². The summed E-state index contributed by atoms with van der Waals surface area (Å²) in [5, 5.41) is 20.9. The maximum absolute atomic E-state index is 13.7. The fourth-order valence-corrected chi connectivity index (χ4v) is 4.23. The maximum atomic E-state index is 13.7. The van der Waals surface area contributed by atoms with Gasteiger partial charge in [0.15, 0.2) is 5.41 Å². The van der Waals surface area contributed by atoms with Crippen molar-refractivity contribution in [3.63, 3.8) is 0 Å². The molecular formula is C23H22ClNO5. The highest BCUT2D eigenvalue weighted by Gasteiger charge is 2.51. The molecule has 0 aliphatic heterocycles. The van der Waals surface area contributed by atoms with Crippen molar-refractivity contribution in [2.24, 2.45) is 0 Å². The third kappa shape index (κ3) is 3.08. The van der Waals surface area contributed by atoms with Crippen LogP contribution in [0, 0.1) is 6.92 Å². The number of carboxylic acid groups (broad SMARTS) is 2. The highest BCUT2D eigenvalue weighted by molar-refractivity contribution is 6.31. The van der Waals surface area contributed by atoms with Crippen molar-refractivity contribution in [3.8, 4) is 0 Å². The number of halogens is 1. The molecule has 0 spiro atoms. The van der Waals surface area contributed by atoms with Crippen LogP contribution in [-0.4, -0.2) is 32.5 Å². The molecule has 0 radical (unpaired) electrons. The zero-order valence-corrected chi connectivity index (χ0v) is 17.7. The van der Waals surface area contributed by atoms with Crippen molar-refractivity contribution in [2.75, 3.05) is 0 Å². The molecule has 1 aromatic heterocycles. The summed E-state index contributed by atoms with van der Waals surface area (Å²) in [7, 11) is 0. The number of fused-ring (bicyclic) bond motifs is 1. The molecule has 0 saturated carbocycles. The van der Waals surface area contributed by atoms with Gasteiger partial charge in [-0.15, -0.1) is 0 Å². The zero-order chi connectivity index (χ0) is 22.2. The van der Waals surface area contributed by atoms with Crippen molar-refractivity contribution >= 4 is 40.2 Å². The molecule has 0 saturated heterocycles. The first kappa shape index (κ1) is 21.6. The van der Waals surface area contributed by atoms with Gasteiger partial charge in [0, 0.05) is 28.1 Å². The van der Waals surface area contributed by atoms with Gasteiger partial charge in [-0.3, -0.25) is 14.4 Å². The predicted octanol–water partition coefficient (Wildman–Crippen LogP) is 4.67. The maximum Gasteiger partial charge on any atom is 0.325 e. The van der Waals surface area contributed by atoms with Gasteiger partial charge >= 0.3 is 11.9 Å². The number of aryl methyl sites for hydroxylation is 2. The van der Waals surface area contributed by atoms with E-state index in [-0.39, 0.29) is 17.7 Å². The number of aliphatic carboxylic acids is 2. The van der Waals surface area contributed by atoms with Gasteiger partial charge in [0.05, 0.1) is 11.2 Å². The average Bonchev–Trinajstić information content (AvgIpc) is 3.02. The van der Waals surface area contributed by atoms with Gasteiger partial charge in [-0.1, -0.05) is 48.9 Å². The molecule has 7 heteroatoms. The van der Waals surface area contributed by atoms with E-state index >= 15 is 0 Å². The van der Waals surface area contributed by atoms with Crippen molar-refractivity contribution < 1.29 is 24.6 Å². The van der Waals surface area contributed by atoms with Crippen LogP contribution in [0.5, 0.6) is 0 Å². The molecule has 0 atom stereocenters. The number of carbonyl (C=O) groups excluding carboxylic acids is 1. The van der Waals surface area contributed by atoms with Crippen molar-refractivity contribution in [2.45, 2.75) is 39.2 Å². The first-order valence-electron chi connectivity index (χ1n) is 9.60. The lowest BCUT2D eigenvalue weighted by molar-refractivity contribution is -0.157. The van der Waals surface area contributed by atoms with Crippen LogP contribution in [0.4, 0.5) is 0 Å². The molecule has 3 rings (SSSR count). The van der Waals surface area contributed by atoms with Crippen molar-refractivity contribution in [1.29, 1.82) is 0 Å². The number of ketones is 1. The van der Waals surface area contributed by atoms with Gasteiger partial charge in [0.2, 0.25) is 5.78 Å². The summed E-state index contributed by atoms with van der Waals surface area (Å²) >= 11 is 6.17. The van der Waals surface area contributed by atoms with E-state index in [1.54, 1.807) is 54.0 Å². The molecule has 0 aliphatic rings. The van der Waals surface area contributed by atoms with Crippen molar-refractivity contribution in [3.05, 3.63) is 69.9 Å². The number of aromatic nitrogens is 1. The van der Waals surface area contributed by atoms with E-state index in [1.807, 2.05) is 6.92 Å². The summed E-state index contributed by atoms with van der Waals surface area (Å²) in [5.74, 6) is -3.44. The average molecular weight is 428 g/mol. The first-order chi connectivity index (χ1) is 14.2. The molecular weight excluding hydrogens is 406 g/mol. The second kappa shape index (κ2) is 7.95. The second-order valence-electron chi connectivity index (χ2n) is 7.14. The van der Waals surface area contributed by atoms with E-state index in [4.69, 9.17) is 11.6 Å². The minimum Gasteiger partial charge on any atom is -0.480 e. The first-order valence-corrected chi connectivity index (χ1v) is 9.97. The molecule has 0 amide bonds. The largest absolute Gasteiger partial charge is 0.480 e. The Labute approximate surface area is 178 Å². The number of carbonyl (C=O) groups is 3. The smallest absolute Gasteiger partial charge is 0.325 e. The van der Waals surface area contributed by atoms with Gasteiger partial charge in [0.1, 0.15) is 0 Å². The number of hydrogen-bond acceptors (Lipinski definition) is 3. The van der Waals surface area contributed by atoms with Gasteiger partial charge in [-0.2, -0.15) is 0 Å². The minimum atomic E-state index is -2.28. The Balaban J connectivity index is 2.55. The SMILES string of the molecule is CCn1c(C(=O)c2ccccc2C)c(C(CC)(C(=O)O)C(=O)O)c2ccc(Cl)cc21. The summed E-state index contributed by atoms with van der Waals surface area (Å²) in [5.41, 5.74) is -0.588. The van der Waals surface area contributed by atoms with Crippen LogP contribution in [0.2, 0.25) is 5.02 Å². The number of hydrogen-bond donors (Lipinski definition) is 2. The molecule has 0 aliphatic carbocycles. The van der Waals surface area contributed by atoms with E-state index in [1.165, 1.54) is 6.92 Å². The lowest BCUT2D eigenvalue weighted by atomic mass is 9.75. The Hall–Kier alpha value is -3.12. The van der Waals surface area contributed by atoms with Gasteiger partial charge in [0.25, 0.3) is 0 Å². The molecule has 6 nitrogen and oxygen atoms in total. The number of carboxylic acids is 2. The normalized spacial score (nSPS) is 11.6. The monoisotopic (exact) mass is 427 g/mol. The Bertz CT molecular complexity index is 1160. The third-order valence-electron chi connectivity index (χ3n) is 5.63.